The molecule has 6 heteroatoms. The molecule has 0 N–H and O–H groups in total. The molecular formula is C63H118O6. The fourth-order valence-electron chi connectivity index (χ4n) is 9.26. The van der Waals surface area contributed by atoms with Gasteiger partial charge in [0.05, 0.1) is 0 Å². The molecular weight excluding hydrogens is 853 g/mol. The fraction of sp³-hybridized carbons (Fsp3) is 0.889. The first kappa shape index (κ1) is 66.9. The van der Waals surface area contributed by atoms with Gasteiger partial charge in [0.1, 0.15) is 13.2 Å². The van der Waals surface area contributed by atoms with Crippen molar-refractivity contribution >= 4 is 17.9 Å². The minimum atomic E-state index is -0.769. The molecule has 0 aliphatic rings. The lowest BCUT2D eigenvalue weighted by atomic mass is 10.0. The minimum Gasteiger partial charge on any atom is -0.462 e. The van der Waals surface area contributed by atoms with E-state index in [1.165, 1.54) is 238 Å². The van der Waals surface area contributed by atoms with Crippen molar-refractivity contribution in [3.05, 3.63) is 24.3 Å². The minimum absolute atomic E-state index is 0.0704. The van der Waals surface area contributed by atoms with Crippen molar-refractivity contribution in [3.63, 3.8) is 0 Å². The fourth-order valence-corrected chi connectivity index (χ4v) is 9.26. The van der Waals surface area contributed by atoms with Gasteiger partial charge < -0.3 is 14.2 Å². The van der Waals surface area contributed by atoms with Gasteiger partial charge in [-0.3, -0.25) is 14.4 Å². The first-order valence-corrected chi connectivity index (χ1v) is 30.8. The van der Waals surface area contributed by atoms with Crippen molar-refractivity contribution in [2.45, 2.75) is 348 Å². The van der Waals surface area contributed by atoms with E-state index in [4.69, 9.17) is 14.2 Å². The summed E-state index contributed by atoms with van der Waals surface area (Å²) in [5.74, 6) is -0.870. The van der Waals surface area contributed by atoms with Crippen LogP contribution in [0.4, 0.5) is 0 Å². The first-order chi connectivity index (χ1) is 34.0. The molecule has 69 heavy (non-hydrogen) atoms. The second-order valence-electron chi connectivity index (χ2n) is 21.0. The number of hydrogen-bond acceptors (Lipinski definition) is 6. The largest absolute Gasteiger partial charge is 0.462 e. The highest BCUT2D eigenvalue weighted by atomic mass is 16.6. The zero-order valence-electron chi connectivity index (χ0n) is 46.6. The third kappa shape index (κ3) is 56.7. The highest BCUT2D eigenvalue weighted by molar-refractivity contribution is 5.71. The lowest BCUT2D eigenvalue weighted by molar-refractivity contribution is -0.167. The maximum Gasteiger partial charge on any atom is 0.306 e. The van der Waals surface area contributed by atoms with Crippen LogP contribution in [-0.2, 0) is 28.6 Å². The third-order valence-corrected chi connectivity index (χ3v) is 13.9. The van der Waals surface area contributed by atoms with E-state index in [9.17, 15) is 14.4 Å². The Morgan fingerprint density at radius 3 is 0.725 bits per heavy atom. The lowest BCUT2D eigenvalue weighted by Gasteiger charge is -2.18. The Balaban J connectivity index is 3.99. The van der Waals surface area contributed by atoms with Gasteiger partial charge in [0.15, 0.2) is 6.10 Å². The molecule has 0 rings (SSSR count). The van der Waals surface area contributed by atoms with Gasteiger partial charge in [-0.1, -0.05) is 276 Å². The summed E-state index contributed by atoms with van der Waals surface area (Å²) in [5, 5.41) is 0. The van der Waals surface area contributed by atoms with Gasteiger partial charge >= 0.3 is 17.9 Å². The average molecular weight is 972 g/mol. The summed E-state index contributed by atoms with van der Waals surface area (Å²) in [5.41, 5.74) is 0. The summed E-state index contributed by atoms with van der Waals surface area (Å²) in [4.78, 5) is 37.9. The van der Waals surface area contributed by atoms with Crippen LogP contribution in [0.3, 0.4) is 0 Å². The Kier molecular flexibility index (Phi) is 56.7. The molecule has 6 nitrogen and oxygen atoms in total. The Morgan fingerprint density at radius 1 is 0.275 bits per heavy atom. The SMILES string of the molecule is CCCCCCCCC/C=C\CCCCCCCC(=O)OC(COC(=O)CCCCCCCC)COC(=O)CCCCCCCCCCCCCCCCCCC/C=C\CCCCCCCCCC. The van der Waals surface area contributed by atoms with Crippen LogP contribution in [0.15, 0.2) is 24.3 Å². The molecule has 0 spiro atoms. The van der Waals surface area contributed by atoms with Gasteiger partial charge in [0, 0.05) is 19.3 Å². The molecule has 0 radical (unpaired) electrons. The van der Waals surface area contributed by atoms with Gasteiger partial charge in [-0.25, -0.2) is 0 Å². The van der Waals surface area contributed by atoms with Crippen LogP contribution in [0.1, 0.15) is 342 Å². The quantitative estimate of drug-likeness (QED) is 0.0261. The van der Waals surface area contributed by atoms with E-state index in [1.807, 2.05) is 0 Å². The summed E-state index contributed by atoms with van der Waals surface area (Å²) in [7, 11) is 0. The maximum atomic E-state index is 12.8. The Hall–Kier alpha value is -2.11. The summed E-state index contributed by atoms with van der Waals surface area (Å²) in [6.45, 7) is 6.62. The van der Waals surface area contributed by atoms with E-state index < -0.39 is 6.10 Å². The highest BCUT2D eigenvalue weighted by Crippen LogP contribution is 2.17. The molecule has 0 aromatic rings. The first-order valence-electron chi connectivity index (χ1n) is 30.8. The number of unbranched alkanes of at least 4 members (excludes halogenated alkanes) is 42. The van der Waals surface area contributed by atoms with Gasteiger partial charge in [-0.2, -0.15) is 0 Å². The predicted octanol–water partition coefficient (Wildman–Crippen LogP) is 20.7. The van der Waals surface area contributed by atoms with Gasteiger partial charge in [-0.05, 0) is 70.6 Å². The molecule has 0 aliphatic heterocycles. The summed E-state index contributed by atoms with van der Waals surface area (Å²) >= 11 is 0. The smallest absolute Gasteiger partial charge is 0.306 e. The molecule has 0 aromatic carbocycles. The zero-order valence-corrected chi connectivity index (χ0v) is 46.6. The van der Waals surface area contributed by atoms with Crippen LogP contribution in [-0.4, -0.2) is 37.2 Å². The molecule has 0 amide bonds. The number of ether oxygens (including phenoxy) is 3. The summed E-state index contributed by atoms with van der Waals surface area (Å²) in [6.07, 6.45) is 69.4. The maximum absolute atomic E-state index is 12.8. The second-order valence-corrected chi connectivity index (χ2v) is 21.0. The number of rotatable bonds is 57. The number of esters is 3. The second kappa shape index (κ2) is 58.5. The number of hydrogen-bond donors (Lipinski definition) is 0. The number of carbonyl (C=O) groups is 3. The molecule has 0 aliphatic carbocycles. The van der Waals surface area contributed by atoms with E-state index in [0.29, 0.717) is 19.3 Å². The Labute approximate surface area is 430 Å². The normalized spacial score (nSPS) is 12.1. The summed E-state index contributed by atoms with van der Waals surface area (Å²) < 4.78 is 16.8. The van der Waals surface area contributed by atoms with Crippen LogP contribution in [0, 0.1) is 0 Å². The van der Waals surface area contributed by atoms with Crippen molar-refractivity contribution in [2.24, 2.45) is 0 Å². The zero-order chi connectivity index (χ0) is 50.0. The molecule has 0 aromatic heterocycles. The van der Waals surface area contributed by atoms with Crippen molar-refractivity contribution < 1.29 is 28.6 Å². The van der Waals surface area contributed by atoms with Crippen molar-refractivity contribution in [3.8, 4) is 0 Å². The van der Waals surface area contributed by atoms with Gasteiger partial charge in [-0.15, -0.1) is 0 Å². The van der Waals surface area contributed by atoms with Crippen LogP contribution in [0.25, 0.3) is 0 Å². The topological polar surface area (TPSA) is 78.9 Å². The van der Waals surface area contributed by atoms with Crippen molar-refractivity contribution in [1.82, 2.24) is 0 Å². The van der Waals surface area contributed by atoms with Gasteiger partial charge in [0.2, 0.25) is 0 Å². The van der Waals surface area contributed by atoms with E-state index in [-0.39, 0.29) is 31.1 Å². The Bertz CT molecular complexity index is 1110. The van der Waals surface area contributed by atoms with Crippen LogP contribution in [0.2, 0.25) is 0 Å². The molecule has 406 valence electrons. The van der Waals surface area contributed by atoms with E-state index in [1.54, 1.807) is 0 Å². The van der Waals surface area contributed by atoms with Crippen LogP contribution in [0.5, 0.6) is 0 Å². The molecule has 0 saturated carbocycles. The number of carbonyl (C=O) groups excluding carboxylic acids is 3. The monoisotopic (exact) mass is 971 g/mol. The predicted molar refractivity (Wildman–Crippen MR) is 298 cm³/mol. The Morgan fingerprint density at radius 2 is 0.478 bits per heavy atom. The highest BCUT2D eigenvalue weighted by Gasteiger charge is 2.19. The van der Waals surface area contributed by atoms with Crippen molar-refractivity contribution in [1.29, 1.82) is 0 Å². The van der Waals surface area contributed by atoms with Crippen LogP contribution < -0.4 is 0 Å². The standard InChI is InChI=1S/C63H118O6/c1-4-7-10-13-16-18-20-22-24-26-27-28-29-30-31-32-33-34-35-36-37-38-40-41-43-45-47-50-53-56-62(65)68-59-60(58-67-61(64)55-52-49-15-12-9-6-3)69-63(66)57-54-51-48-46-44-42-39-25-23-21-19-17-14-11-8-5-2/h25-27,39,60H,4-24,28-38,40-59H2,1-3H3/b27-26-,39-25-. The van der Waals surface area contributed by atoms with Crippen molar-refractivity contribution in [2.75, 3.05) is 13.2 Å². The molecule has 0 fully saturated rings. The molecule has 1 unspecified atom stereocenters. The number of allylic oxidation sites excluding steroid dienone is 4. The van der Waals surface area contributed by atoms with E-state index in [2.05, 4.69) is 45.1 Å². The molecule has 0 saturated heterocycles. The lowest BCUT2D eigenvalue weighted by Crippen LogP contribution is -2.30. The molecule has 1 atom stereocenters. The summed E-state index contributed by atoms with van der Waals surface area (Å²) in [6, 6.07) is 0. The van der Waals surface area contributed by atoms with Crippen LogP contribution >= 0.6 is 0 Å². The van der Waals surface area contributed by atoms with Gasteiger partial charge in [0.25, 0.3) is 0 Å². The third-order valence-electron chi connectivity index (χ3n) is 13.9. The van der Waals surface area contributed by atoms with E-state index >= 15 is 0 Å². The average Bonchev–Trinajstić information content (AvgIpc) is 3.35. The molecule has 0 heterocycles. The molecule has 0 bridgehead atoms. The van der Waals surface area contributed by atoms with E-state index in [0.717, 1.165) is 64.2 Å².